The molecular weight excluding hydrogens is 250 g/mol. The molecule has 0 saturated carbocycles. The Bertz CT molecular complexity index is 343. The SMILES string of the molecule is CCCN1CCC(C(C)NCCCn2ccnn2)CC1. The number of nitrogens with zero attached hydrogens (tertiary/aromatic N) is 4. The minimum absolute atomic E-state index is 0.634. The van der Waals surface area contributed by atoms with Gasteiger partial charge in [-0.2, -0.15) is 0 Å². The molecule has 20 heavy (non-hydrogen) atoms. The van der Waals surface area contributed by atoms with E-state index in [1.807, 2.05) is 10.9 Å². The third-order valence-corrected chi connectivity index (χ3v) is 4.38. The van der Waals surface area contributed by atoms with Crippen LogP contribution in [0.5, 0.6) is 0 Å². The van der Waals surface area contributed by atoms with E-state index in [1.54, 1.807) is 6.20 Å². The maximum atomic E-state index is 3.98. The lowest BCUT2D eigenvalue weighted by atomic mass is 9.90. The fraction of sp³-hybridized carbons (Fsp3) is 0.867. The molecule has 0 spiro atoms. The molecule has 0 aromatic carbocycles. The summed E-state index contributed by atoms with van der Waals surface area (Å²) >= 11 is 0. The number of rotatable bonds is 8. The van der Waals surface area contributed by atoms with E-state index in [1.165, 1.54) is 38.9 Å². The van der Waals surface area contributed by atoms with Crippen LogP contribution in [0.4, 0.5) is 0 Å². The van der Waals surface area contributed by atoms with Gasteiger partial charge in [-0.25, -0.2) is 0 Å². The Morgan fingerprint density at radius 3 is 2.75 bits per heavy atom. The molecule has 0 aliphatic carbocycles. The molecule has 1 aliphatic heterocycles. The Labute approximate surface area is 122 Å². The number of piperidine rings is 1. The van der Waals surface area contributed by atoms with E-state index in [0.29, 0.717) is 6.04 Å². The lowest BCUT2D eigenvalue weighted by molar-refractivity contribution is 0.162. The molecule has 1 fully saturated rings. The fourth-order valence-corrected chi connectivity index (χ4v) is 3.08. The van der Waals surface area contributed by atoms with Crippen molar-refractivity contribution in [3.8, 4) is 0 Å². The van der Waals surface area contributed by atoms with Crippen LogP contribution >= 0.6 is 0 Å². The summed E-state index contributed by atoms with van der Waals surface area (Å²) in [5.41, 5.74) is 0. The summed E-state index contributed by atoms with van der Waals surface area (Å²) in [7, 11) is 0. The highest BCUT2D eigenvalue weighted by Gasteiger charge is 2.22. The Balaban J connectivity index is 1.57. The first-order valence-electron chi connectivity index (χ1n) is 8.09. The van der Waals surface area contributed by atoms with Gasteiger partial charge in [0.2, 0.25) is 0 Å². The molecule has 2 rings (SSSR count). The molecule has 1 atom stereocenters. The Morgan fingerprint density at radius 2 is 2.10 bits per heavy atom. The van der Waals surface area contributed by atoms with Gasteiger partial charge in [-0.1, -0.05) is 12.1 Å². The van der Waals surface area contributed by atoms with Gasteiger partial charge in [-0.05, 0) is 64.7 Å². The normalized spacial score (nSPS) is 19.3. The lowest BCUT2D eigenvalue weighted by Crippen LogP contribution is -2.42. The molecule has 5 heteroatoms. The first kappa shape index (κ1) is 15.4. The topological polar surface area (TPSA) is 46.0 Å². The second kappa shape index (κ2) is 8.37. The minimum atomic E-state index is 0.634. The smallest absolute Gasteiger partial charge is 0.0692 e. The summed E-state index contributed by atoms with van der Waals surface area (Å²) < 4.78 is 1.90. The van der Waals surface area contributed by atoms with Crippen molar-refractivity contribution in [2.45, 2.75) is 52.1 Å². The summed E-state index contributed by atoms with van der Waals surface area (Å²) in [4.78, 5) is 2.61. The summed E-state index contributed by atoms with van der Waals surface area (Å²) in [6, 6.07) is 0.634. The van der Waals surface area contributed by atoms with E-state index in [-0.39, 0.29) is 0 Å². The molecular formula is C15H29N5. The average molecular weight is 279 g/mol. The zero-order valence-electron chi connectivity index (χ0n) is 13.0. The van der Waals surface area contributed by atoms with E-state index in [4.69, 9.17) is 0 Å². The monoisotopic (exact) mass is 279 g/mol. The van der Waals surface area contributed by atoms with Gasteiger partial charge in [-0.3, -0.25) is 4.68 Å². The molecule has 1 unspecified atom stereocenters. The van der Waals surface area contributed by atoms with Crippen molar-refractivity contribution in [1.82, 2.24) is 25.2 Å². The average Bonchev–Trinajstić information content (AvgIpc) is 2.98. The summed E-state index contributed by atoms with van der Waals surface area (Å²) in [5, 5.41) is 11.5. The van der Waals surface area contributed by atoms with E-state index in [2.05, 4.69) is 34.4 Å². The van der Waals surface area contributed by atoms with Gasteiger partial charge >= 0.3 is 0 Å². The number of hydrogen-bond donors (Lipinski definition) is 1. The van der Waals surface area contributed by atoms with Crippen molar-refractivity contribution in [1.29, 1.82) is 0 Å². The first-order chi connectivity index (χ1) is 9.79. The first-order valence-corrected chi connectivity index (χ1v) is 8.09. The third kappa shape index (κ3) is 4.87. The molecule has 5 nitrogen and oxygen atoms in total. The van der Waals surface area contributed by atoms with E-state index in [9.17, 15) is 0 Å². The van der Waals surface area contributed by atoms with Crippen LogP contribution < -0.4 is 5.32 Å². The summed E-state index contributed by atoms with van der Waals surface area (Å²) in [5.74, 6) is 0.842. The van der Waals surface area contributed by atoms with Crippen molar-refractivity contribution in [3.05, 3.63) is 12.4 Å². The summed E-state index contributed by atoms with van der Waals surface area (Å²) in [6.07, 6.45) is 8.74. The van der Waals surface area contributed by atoms with Gasteiger partial charge in [0.15, 0.2) is 0 Å². The van der Waals surface area contributed by atoms with Crippen LogP contribution in [0.25, 0.3) is 0 Å². The number of aromatic nitrogens is 3. The Morgan fingerprint density at radius 1 is 1.30 bits per heavy atom. The van der Waals surface area contributed by atoms with Crippen molar-refractivity contribution < 1.29 is 0 Å². The van der Waals surface area contributed by atoms with Crippen LogP contribution in [0.2, 0.25) is 0 Å². The highest BCUT2D eigenvalue weighted by Crippen LogP contribution is 2.20. The molecule has 114 valence electrons. The molecule has 1 aromatic heterocycles. The van der Waals surface area contributed by atoms with Gasteiger partial charge in [0, 0.05) is 18.8 Å². The van der Waals surface area contributed by atoms with Crippen molar-refractivity contribution >= 4 is 0 Å². The Kier molecular flexibility index (Phi) is 6.47. The van der Waals surface area contributed by atoms with E-state index < -0.39 is 0 Å². The molecule has 0 amide bonds. The van der Waals surface area contributed by atoms with Crippen molar-refractivity contribution in [2.75, 3.05) is 26.2 Å². The van der Waals surface area contributed by atoms with E-state index >= 15 is 0 Å². The van der Waals surface area contributed by atoms with Crippen LogP contribution in [0.15, 0.2) is 12.4 Å². The number of likely N-dealkylation sites (tertiary alicyclic amines) is 1. The van der Waals surface area contributed by atoms with Crippen molar-refractivity contribution in [3.63, 3.8) is 0 Å². The maximum Gasteiger partial charge on any atom is 0.0692 e. The van der Waals surface area contributed by atoms with Crippen LogP contribution in [0, 0.1) is 5.92 Å². The van der Waals surface area contributed by atoms with Crippen LogP contribution in [0.3, 0.4) is 0 Å². The number of aryl methyl sites for hydroxylation is 1. The third-order valence-electron chi connectivity index (χ3n) is 4.38. The van der Waals surface area contributed by atoms with Crippen molar-refractivity contribution in [2.24, 2.45) is 5.92 Å². The van der Waals surface area contributed by atoms with Gasteiger partial charge in [0.25, 0.3) is 0 Å². The molecule has 0 bridgehead atoms. The predicted molar refractivity (Wildman–Crippen MR) is 81.6 cm³/mol. The Hall–Kier alpha value is -0.940. The zero-order valence-corrected chi connectivity index (χ0v) is 13.0. The number of hydrogen-bond acceptors (Lipinski definition) is 4. The summed E-state index contributed by atoms with van der Waals surface area (Å²) in [6.45, 7) is 10.5. The van der Waals surface area contributed by atoms with Gasteiger partial charge in [0.05, 0.1) is 6.20 Å². The maximum absolute atomic E-state index is 3.98. The molecule has 1 aromatic rings. The highest BCUT2D eigenvalue weighted by molar-refractivity contribution is 4.79. The number of nitrogens with one attached hydrogen (secondary N) is 1. The molecule has 1 saturated heterocycles. The molecule has 1 N–H and O–H groups in total. The lowest BCUT2D eigenvalue weighted by Gasteiger charge is -2.35. The molecule has 2 heterocycles. The largest absolute Gasteiger partial charge is 0.314 e. The standard InChI is InChI=1S/C15H29N5/c1-3-9-19-11-5-15(6-12-19)14(2)16-7-4-10-20-13-8-17-18-20/h8,13-16H,3-7,9-12H2,1-2H3. The minimum Gasteiger partial charge on any atom is -0.314 e. The van der Waals surface area contributed by atoms with Crippen LogP contribution in [0.1, 0.15) is 39.5 Å². The predicted octanol–water partition coefficient (Wildman–Crippen LogP) is 1.77. The van der Waals surface area contributed by atoms with Crippen LogP contribution in [-0.4, -0.2) is 52.1 Å². The van der Waals surface area contributed by atoms with Gasteiger partial charge in [0.1, 0.15) is 0 Å². The van der Waals surface area contributed by atoms with Gasteiger partial charge < -0.3 is 10.2 Å². The molecule has 1 aliphatic rings. The van der Waals surface area contributed by atoms with Gasteiger partial charge in [-0.15, -0.1) is 5.10 Å². The molecule has 0 radical (unpaired) electrons. The second-order valence-corrected chi connectivity index (χ2v) is 5.94. The highest BCUT2D eigenvalue weighted by atomic mass is 15.4. The second-order valence-electron chi connectivity index (χ2n) is 5.94. The van der Waals surface area contributed by atoms with Crippen LogP contribution in [-0.2, 0) is 6.54 Å². The van der Waals surface area contributed by atoms with E-state index in [0.717, 1.165) is 25.4 Å². The quantitative estimate of drug-likeness (QED) is 0.737. The zero-order chi connectivity index (χ0) is 14.2. The fourth-order valence-electron chi connectivity index (χ4n) is 3.08.